The molecule has 0 aromatic carbocycles. The molecule has 66 valence electrons. The van der Waals surface area contributed by atoms with E-state index in [9.17, 15) is 9.59 Å². The monoisotopic (exact) mass is 190 g/mol. The molecule has 4 nitrogen and oxygen atoms in total. The van der Waals surface area contributed by atoms with Gasteiger partial charge in [0.1, 0.15) is 0 Å². The van der Waals surface area contributed by atoms with E-state index in [-0.39, 0.29) is 0 Å². The predicted octanol–water partition coefficient (Wildman–Crippen LogP) is 0.596. The molecule has 1 aliphatic heterocycles. The summed E-state index contributed by atoms with van der Waals surface area (Å²) in [6.45, 7) is 1.19. The number of rotatable bonds is 1. The average Bonchev–Trinajstić information content (AvgIpc) is 1.96. The van der Waals surface area contributed by atoms with Crippen LogP contribution < -0.4 is 0 Å². The SMILES string of the molecule is CC(=O)OC1OC(Cl)C=CC1=O. The Morgan fingerprint density at radius 3 is 3.00 bits per heavy atom. The van der Waals surface area contributed by atoms with Gasteiger partial charge in [0.2, 0.25) is 5.78 Å². The second-order valence-electron chi connectivity index (χ2n) is 2.19. The van der Waals surface area contributed by atoms with Gasteiger partial charge in [0, 0.05) is 6.92 Å². The van der Waals surface area contributed by atoms with Crippen LogP contribution in [0.15, 0.2) is 12.2 Å². The zero-order chi connectivity index (χ0) is 9.14. The highest BCUT2D eigenvalue weighted by Crippen LogP contribution is 2.13. The third-order valence-electron chi connectivity index (χ3n) is 1.17. The Morgan fingerprint density at radius 1 is 1.75 bits per heavy atom. The summed E-state index contributed by atoms with van der Waals surface area (Å²) in [6, 6.07) is 0. The number of halogens is 1. The van der Waals surface area contributed by atoms with Crippen LogP contribution in [0, 0.1) is 0 Å². The highest BCUT2D eigenvalue weighted by Gasteiger charge is 2.26. The van der Waals surface area contributed by atoms with Crippen LogP contribution in [-0.2, 0) is 19.1 Å². The van der Waals surface area contributed by atoms with Gasteiger partial charge in [-0.05, 0) is 12.2 Å². The van der Waals surface area contributed by atoms with Crippen LogP contribution in [0.4, 0.5) is 0 Å². The minimum absolute atomic E-state index is 0.415. The Balaban J connectivity index is 2.60. The number of carbonyl (C=O) groups is 2. The van der Waals surface area contributed by atoms with Crippen LogP contribution in [0.5, 0.6) is 0 Å². The predicted molar refractivity (Wildman–Crippen MR) is 40.4 cm³/mol. The van der Waals surface area contributed by atoms with Gasteiger partial charge in [-0.25, -0.2) is 0 Å². The van der Waals surface area contributed by atoms with Crippen molar-refractivity contribution in [3.63, 3.8) is 0 Å². The van der Waals surface area contributed by atoms with Crippen molar-refractivity contribution in [3.05, 3.63) is 12.2 Å². The lowest BCUT2D eigenvalue weighted by atomic mass is 10.3. The van der Waals surface area contributed by atoms with Gasteiger partial charge in [-0.3, -0.25) is 9.59 Å². The first kappa shape index (κ1) is 9.22. The topological polar surface area (TPSA) is 52.6 Å². The lowest BCUT2D eigenvalue weighted by molar-refractivity contribution is -0.183. The Hall–Kier alpha value is -0.870. The van der Waals surface area contributed by atoms with E-state index in [2.05, 4.69) is 4.74 Å². The zero-order valence-corrected chi connectivity index (χ0v) is 7.08. The molecule has 0 bridgehead atoms. The summed E-state index contributed by atoms with van der Waals surface area (Å²) < 4.78 is 9.32. The molecule has 0 aromatic heterocycles. The Kier molecular flexibility index (Phi) is 2.83. The summed E-state index contributed by atoms with van der Waals surface area (Å²) in [6.07, 6.45) is 1.42. The van der Waals surface area contributed by atoms with Gasteiger partial charge < -0.3 is 9.47 Å². The maximum Gasteiger partial charge on any atom is 0.305 e. The van der Waals surface area contributed by atoms with Crippen LogP contribution >= 0.6 is 11.6 Å². The zero-order valence-electron chi connectivity index (χ0n) is 6.32. The standard InChI is InChI=1S/C7H7ClO4/c1-4(9)11-7-5(10)2-3-6(8)12-7/h2-3,6-7H,1H3. The maximum atomic E-state index is 10.9. The molecule has 2 atom stereocenters. The summed E-state index contributed by atoms with van der Waals surface area (Å²) in [5.74, 6) is -0.991. The molecule has 0 saturated heterocycles. The molecule has 0 spiro atoms. The molecule has 1 heterocycles. The Labute approximate surface area is 74.1 Å². The molecular formula is C7H7ClO4. The number of alkyl halides is 1. The fourth-order valence-corrected chi connectivity index (χ4v) is 0.882. The van der Waals surface area contributed by atoms with E-state index in [4.69, 9.17) is 16.3 Å². The summed E-state index contributed by atoms with van der Waals surface area (Å²) in [7, 11) is 0. The first-order chi connectivity index (χ1) is 5.59. The third-order valence-corrected chi connectivity index (χ3v) is 1.42. The quantitative estimate of drug-likeness (QED) is 0.449. The van der Waals surface area contributed by atoms with Crippen molar-refractivity contribution in [2.45, 2.75) is 18.8 Å². The van der Waals surface area contributed by atoms with E-state index in [0.29, 0.717) is 0 Å². The molecule has 2 unspecified atom stereocenters. The Morgan fingerprint density at radius 2 is 2.42 bits per heavy atom. The second-order valence-corrected chi connectivity index (χ2v) is 2.62. The molecule has 0 amide bonds. The van der Waals surface area contributed by atoms with Crippen molar-refractivity contribution >= 4 is 23.4 Å². The van der Waals surface area contributed by atoms with E-state index < -0.39 is 23.6 Å². The van der Waals surface area contributed by atoms with Crippen LogP contribution in [-0.4, -0.2) is 23.6 Å². The summed E-state index contributed by atoms with van der Waals surface area (Å²) >= 11 is 5.51. The first-order valence-electron chi connectivity index (χ1n) is 3.28. The highest BCUT2D eigenvalue weighted by atomic mass is 35.5. The van der Waals surface area contributed by atoms with E-state index in [1.807, 2.05) is 0 Å². The van der Waals surface area contributed by atoms with Gasteiger partial charge in [0.25, 0.3) is 6.29 Å². The number of hydrogen-bond donors (Lipinski definition) is 0. The van der Waals surface area contributed by atoms with Crippen molar-refractivity contribution in [2.75, 3.05) is 0 Å². The molecular weight excluding hydrogens is 184 g/mol. The molecule has 5 heteroatoms. The minimum atomic E-state index is -1.19. The molecule has 0 aromatic rings. The molecule has 0 fully saturated rings. The lowest BCUT2D eigenvalue weighted by Crippen LogP contribution is -2.33. The summed E-state index contributed by atoms with van der Waals surface area (Å²) in [4.78, 5) is 21.4. The van der Waals surface area contributed by atoms with Crippen LogP contribution in [0.25, 0.3) is 0 Å². The normalized spacial score (nSPS) is 28.7. The minimum Gasteiger partial charge on any atom is -0.428 e. The summed E-state index contributed by atoms with van der Waals surface area (Å²) in [5.41, 5.74) is -0.716. The van der Waals surface area contributed by atoms with Gasteiger partial charge in [0.15, 0.2) is 5.56 Å². The van der Waals surface area contributed by atoms with Crippen molar-refractivity contribution in [1.29, 1.82) is 0 Å². The van der Waals surface area contributed by atoms with Crippen molar-refractivity contribution in [2.24, 2.45) is 0 Å². The maximum absolute atomic E-state index is 10.9. The third kappa shape index (κ3) is 2.32. The largest absolute Gasteiger partial charge is 0.428 e. The van der Waals surface area contributed by atoms with Crippen LogP contribution in [0.3, 0.4) is 0 Å². The van der Waals surface area contributed by atoms with Gasteiger partial charge >= 0.3 is 5.97 Å². The molecule has 0 N–H and O–H groups in total. The van der Waals surface area contributed by atoms with Crippen LogP contribution in [0.2, 0.25) is 0 Å². The smallest absolute Gasteiger partial charge is 0.305 e. The first-order valence-corrected chi connectivity index (χ1v) is 3.72. The van der Waals surface area contributed by atoms with E-state index in [0.717, 1.165) is 0 Å². The molecule has 0 radical (unpaired) electrons. The lowest BCUT2D eigenvalue weighted by Gasteiger charge is -2.19. The van der Waals surface area contributed by atoms with Gasteiger partial charge in [-0.1, -0.05) is 11.6 Å². The van der Waals surface area contributed by atoms with Crippen molar-refractivity contribution in [1.82, 2.24) is 0 Å². The highest BCUT2D eigenvalue weighted by molar-refractivity contribution is 6.21. The summed E-state index contributed by atoms with van der Waals surface area (Å²) in [5, 5.41) is 0. The molecule has 1 rings (SSSR count). The molecule has 1 aliphatic rings. The van der Waals surface area contributed by atoms with Gasteiger partial charge in [-0.15, -0.1) is 0 Å². The Bertz CT molecular complexity index is 236. The number of hydrogen-bond acceptors (Lipinski definition) is 4. The fourth-order valence-electron chi connectivity index (χ4n) is 0.716. The van der Waals surface area contributed by atoms with Crippen molar-refractivity contribution in [3.8, 4) is 0 Å². The molecule has 0 saturated carbocycles. The fraction of sp³-hybridized carbons (Fsp3) is 0.429. The molecule has 12 heavy (non-hydrogen) atoms. The van der Waals surface area contributed by atoms with E-state index in [1.165, 1.54) is 19.1 Å². The van der Waals surface area contributed by atoms with E-state index in [1.54, 1.807) is 0 Å². The average molecular weight is 191 g/mol. The van der Waals surface area contributed by atoms with Gasteiger partial charge in [-0.2, -0.15) is 0 Å². The van der Waals surface area contributed by atoms with Crippen molar-refractivity contribution < 1.29 is 19.1 Å². The number of esters is 1. The van der Waals surface area contributed by atoms with E-state index >= 15 is 0 Å². The second kappa shape index (κ2) is 3.69. The number of ether oxygens (including phenoxy) is 2. The van der Waals surface area contributed by atoms with Crippen LogP contribution in [0.1, 0.15) is 6.92 Å². The number of ketones is 1. The number of carbonyl (C=O) groups excluding carboxylic acids is 2. The van der Waals surface area contributed by atoms with Gasteiger partial charge in [0.05, 0.1) is 0 Å². The molecule has 0 aliphatic carbocycles.